The summed E-state index contributed by atoms with van der Waals surface area (Å²) >= 11 is 1.68. The van der Waals surface area contributed by atoms with Crippen LogP contribution in [0.2, 0.25) is 0 Å². The highest BCUT2D eigenvalue weighted by Gasteiger charge is 2.19. The minimum absolute atomic E-state index is 0.0114. The minimum Gasteiger partial charge on any atom is -0.330 e. The molecule has 0 fully saturated rings. The number of carbonyl (C=O) groups excluding carboxylic acids is 1. The van der Waals surface area contributed by atoms with Crippen molar-refractivity contribution in [3.8, 4) is 0 Å². The van der Waals surface area contributed by atoms with Crippen LogP contribution in [-0.4, -0.2) is 18.7 Å². The van der Waals surface area contributed by atoms with Gasteiger partial charge < -0.3 is 11.1 Å². The molecule has 4 heteroatoms. The molecule has 0 radical (unpaired) electrons. The molecule has 0 aliphatic rings. The lowest BCUT2D eigenvalue weighted by molar-refractivity contribution is -0.117. The molecular formula is C13H20N2OS. The number of hydrogen-bond donors (Lipinski definition) is 2. The van der Waals surface area contributed by atoms with E-state index in [0.717, 1.165) is 5.69 Å². The predicted octanol–water partition coefficient (Wildman–Crippen LogP) is 2.72. The molecule has 0 bridgehead atoms. The highest BCUT2D eigenvalue weighted by atomic mass is 32.2. The molecule has 0 saturated heterocycles. The van der Waals surface area contributed by atoms with Gasteiger partial charge in [-0.1, -0.05) is 13.8 Å². The largest absolute Gasteiger partial charge is 0.330 e. The first-order chi connectivity index (χ1) is 7.96. The van der Waals surface area contributed by atoms with Gasteiger partial charge in [-0.05, 0) is 42.5 Å². The van der Waals surface area contributed by atoms with Crippen LogP contribution in [0, 0.1) is 5.41 Å². The van der Waals surface area contributed by atoms with Crippen LogP contribution in [0.5, 0.6) is 0 Å². The van der Waals surface area contributed by atoms with E-state index in [2.05, 4.69) is 5.32 Å². The number of hydrogen-bond acceptors (Lipinski definition) is 3. The third-order valence-corrected chi connectivity index (χ3v) is 3.31. The molecule has 1 rings (SSSR count). The lowest BCUT2D eigenvalue weighted by Crippen LogP contribution is -2.29. The first-order valence-corrected chi connectivity index (χ1v) is 6.83. The molecule has 94 valence electrons. The van der Waals surface area contributed by atoms with Gasteiger partial charge in [0.15, 0.2) is 0 Å². The van der Waals surface area contributed by atoms with Crippen molar-refractivity contribution in [2.75, 3.05) is 18.1 Å². The van der Waals surface area contributed by atoms with E-state index >= 15 is 0 Å². The second-order valence-corrected chi connectivity index (χ2v) is 5.70. The normalized spacial score (nSPS) is 11.3. The molecule has 0 spiro atoms. The standard InChI is InChI=1S/C13H20N2OS/c1-13(2,9-14)8-12(16)15-10-4-6-11(17-3)7-5-10/h4-7H,8-9,14H2,1-3H3,(H,15,16). The molecule has 3 nitrogen and oxygen atoms in total. The van der Waals surface area contributed by atoms with Gasteiger partial charge in [0.05, 0.1) is 0 Å². The third-order valence-electron chi connectivity index (χ3n) is 2.57. The summed E-state index contributed by atoms with van der Waals surface area (Å²) in [5, 5.41) is 2.88. The van der Waals surface area contributed by atoms with Crippen LogP contribution < -0.4 is 11.1 Å². The summed E-state index contributed by atoms with van der Waals surface area (Å²) in [6.07, 6.45) is 2.46. The Hall–Kier alpha value is -1.00. The summed E-state index contributed by atoms with van der Waals surface area (Å²) in [4.78, 5) is 13.0. The van der Waals surface area contributed by atoms with Crippen LogP contribution in [0.1, 0.15) is 20.3 Å². The number of anilines is 1. The molecule has 1 amide bonds. The molecule has 1 aromatic rings. The number of nitrogens with one attached hydrogen (secondary N) is 1. The highest BCUT2D eigenvalue weighted by Crippen LogP contribution is 2.21. The summed E-state index contributed by atoms with van der Waals surface area (Å²) in [5.74, 6) is 0.0114. The van der Waals surface area contributed by atoms with Gasteiger partial charge in [0.25, 0.3) is 0 Å². The lowest BCUT2D eigenvalue weighted by Gasteiger charge is -2.21. The SMILES string of the molecule is CSc1ccc(NC(=O)CC(C)(C)CN)cc1. The molecule has 0 aliphatic heterocycles. The quantitative estimate of drug-likeness (QED) is 0.792. The fourth-order valence-corrected chi connectivity index (χ4v) is 1.79. The van der Waals surface area contributed by atoms with Crippen molar-refractivity contribution in [2.24, 2.45) is 11.1 Å². The summed E-state index contributed by atoms with van der Waals surface area (Å²) in [5.41, 5.74) is 6.29. The van der Waals surface area contributed by atoms with Gasteiger partial charge >= 0.3 is 0 Å². The molecule has 0 unspecified atom stereocenters. The van der Waals surface area contributed by atoms with Crippen molar-refractivity contribution in [1.29, 1.82) is 0 Å². The van der Waals surface area contributed by atoms with E-state index in [9.17, 15) is 4.79 Å². The van der Waals surface area contributed by atoms with E-state index in [-0.39, 0.29) is 11.3 Å². The Bertz CT molecular complexity index is 374. The Morgan fingerprint density at radius 1 is 1.35 bits per heavy atom. The molecule has 1 aromatic carbocycles. The Balaban J connectivity index is 2.56. The molecule has 0 aliphatic carbocycles. The van der Waals surface area contributed by atoms with Crippen molar-refractivity contribution in [3.05, 3.63) is 24.3 Å². The smallest absolute Gasteiger partial charge is 0.224 e. The minimum atomic E-state index is -0.150. The number of carbonyl (C=O) groups is 1. The third kappa shape index (κ3) is 4.79. The van der Waals surface area contributed by atoms with Gasteiger partial charge in [-0.3, -0.25) is 4.79 Å². The van der Waals surface area contributed by atoms with Crippen LogP contribution >= 0.6 is 11.8 Å². The predicted molar refractivity (Wildman–Crippen MR) is 74.3 cm³/mol. The first kappa shape index (κ1) is 14.1. The molecule has 0 aromatic heterocycles. The van der Waals surface area contributed by atoms with E-state index in [4.69, 9.17) is 5.73 Å². The Kier molecular flexibility index (Phi) is 5.02. The molecule has 0 heterocycles. The Morgan fingerprint density at radius 3 is 2.41 bits per heavy atom. The molecule has 0 atom stereocenters. The highest BCUT2D eigenvalue weighted by molar-refractivity contribution is 7.98. The number of nitrogens with two attached hydrogens (primary N) is 1. The topological polar surface area (TPSA) is 55.1 Å². The number of thioether (sulfide) groups is 1. The lowest BCUT2D eigenvalue weighted by atomic mass is 9.89. The monoisotopic (exact) mass is 252 g/mol. The second kappa shape index (κ2) is 6.07. The van der Waals surface area contributed by atoms with Gasteiger partial charge in [0.1, 0.15) is 0 Å². The van der Waals surface area contributed by atoms with Gasteiger partial charge in [0, 0.05) is 17.0 Å². The first-order valence-electron chi connectivity index (χ1n) is 5.61. The van der Waals surface area contributed by atoms with Crippen LogP contribution in [0.25, 0.3) is 0 Å². The maximum atomic E-state index is 11.8. The molecule has 17 heavy (non-hydrogen) atoms. The van der Waals surface area contributed by atoms with Gasteiger partial charge in [-0.25, -0.2) is 0 Å². The summed E-state index contributed by atoms with van der Waals surface area (Å²) < 4.78 is 0. The van der Waals surface area contributed by atoms with Crippen LogP contribution in [0.15, 0.2) is 29.2 Å². The van der Waals surface area contributed by atoms with E-state index in [0.29, 0.717) is 13.0 Å². The summed E-state index contributed by atoms with van der Waals surface area (Å²) in [6, 6.07) is 7.82. The average molecular weight is 252 g/mol. The van der Waals surface area contributed by atoms with Gasteiger partial charge in [-0.15, -0.1) is 11.8 Å². The maximum absolute atomic E-state index is 11.8. The van der Waals surface area contributed by atoms with Crippen molar-refractivity contribution < 1.29 is 4.79 Å². The van der Waals surface area contributed by atoms with Gasteiger partial charge in [-0.2, -0.15) is 0 Å². The fourth-order valence-electron chi connectivity index (χ4n) is 1.39. The van der Waals surface area contributed by atoms with Crippen LogP contribution in [0.3, 0.4) is 0 Å². The Labute approximate surface area is 107 Å². The van der Waals surface area contributed by atoms with Gasteiger partial charge in [0.2, 0.25) is 5.91 Å². The Morgan fingerprint density at radius 2 is 1.94 bits per heavy atom. The second-order valence-electron chi connectivity index (χ2n) is 4.82. The zero-order valence-corrected chi connectivity index (χ0v) is 11.4. The van der Waals surface area contributed by atoms with Crippen LogP contribution in [-0.2, 0) is 4.79 Å². The molecule has 3 N–H and O–H groups in total. The van der Waals surface area contributed by atoms with Crippen molar-refractivity contribution in [2.45, 2.75) is 25.2 Å². The van der Waals surface area contributed by atoms with Crippen molar-refractivity contribution in [3.63, 3.8) is 0 Å². The van der Waals surface area contributed by atoms with E-state index < -0.39 is 0 Å². The number of amides is 1. The zero-order valence-electron chi connectivity index (χ0n) is 10.6. The average Bonchev–Trinajstić information content (AvgIpc) is 2.29. The number of benzene rings is 1. The van der Waals surface area contributed by atoms with Crippen molar-refractivity contribution in [1.82, 2.24) is 0 Å². The van der Waals surface area contributed by atoms with E-state index in [1.807, 2.05) is 44.4 Å². The zero-order chi connectivity index (χ0) is 12.9. The number of rotatable bonds is 5. The fraction of sp³-hybridized carbons (Fsp3) is 0.462. The van der Waals surface area contributed by atoms with E-state index in [1.54, 1.807) is 11.8 Å². The molecule has 0 saturated carbocycles. The van der Waals surface area contributed by atoms with E-state index in [1.165, 1.54) is 4.90 Å². The molecular weight excluding hydrogens is 232 g/mol. The summed E-state index contributed by atoms with van der Waals surface area (Å²) in [7, 11) is 0. The van der Waals surface area contributed by atoms with Crippen molar-refractivity contribution >= 4 is 23.4 Å². The summed E-state index contributed by atoms with van der Waals surface area (Å²) in [6.45, 7) is 4.48. The maximum Gasteiger partial charge on any atom is 0.224 e. The van der Waals surface area contributed by atoms with Crippen LogP contribution in [0.4, 0.5) is 5.69 Å².